The highest BCUT2D eigenvalue weighted by molar-refractivity contribution is 9.11. The monoisotopic (exact) mass is 446 g/mol. The third-order valence-corrected chi connectivity index (χ3v) is 5.68. The minimum atomic E-state index is -3.73. The zero-order valence-electron chi connectivity index (χ0n) is 11.4. The van der Waals surface area contributed by atoms with E-state index in [0.717, 1.165) is 0 Å². The van der Waals surface area contributed by atoms with Crippen LogP contribution in [0.1, 0.15) is 10.4 Å². The summed E-state index contributed by atoms with van der Waals surface area (Å²) >= 11 is 6.48. The molecule has 0 unspecified atom stereocenters. The van der Waals surface area contributed by atoms with E-state index < -0.39 is 10.0 Å². The fraction of sp³-hybridized carbons (Fsp3) is 0.0714. The van der Waals surface area contributed by atoms with Gasteiger partial charge < -0.3 is 5.32 Å². The van der Waals surface area contributed by atoms with Gasteiger partial charge in [0.2, 0.25) is 0 Å². The van der Waals surface area contributed by atoms with E-state index in [1.807, 2.05) is 0 Å². The van der Waals surface area contributed by atoms with E-state index in [2.05, 4.69) is 41.9 Å². The molecule has 0 saturated heterocycles. The molecule has 22 heavy (non-hydrogen) atoms. The van der Waals surface area contributed by atoms with Gasteiger partial charge in [-0.25, -0.2) is 8.42 Å². The summed E-state index contributed by atoms with van der Waals surface area (Å²) in [6, 6.07) is 11.1. The standard InChI is InChI=1S/C14H12Br2N2O3S/c1-17-14(19)9-2-5-11(6-3-9)18-22(20,21)13-8-10(15)4-7-12(13)16/h2-8,18H,1H3,(H,17,19). The molecule has 0 spiro atoms. The molecule has 2 aromatic rings. The van der Waals surface area contributed by atoms with Gasteiger partial charge in [0.15, 0.2) is 0 Å². The lowest BCUT2D eigenvalue weighted by Crippen LogP contribution is -2.18. The molecule has 2 N–H and O–H groups in total. The van der Waals surface area contributed by atoms with Crippen molar-refractivity contribution in [2.24, 2.45) is 0 Å². The van der Waals surface area contributed by atoms with Gasteiger partial charge in [0.1, 0.15) is 4.90 Å². The van der Waals surface area contributed by atoms with E-state index in [1.165, 1.54) is 25.2 Å². The Hall–Kier alpha value is -1.38. The van der Waals surface area contributed by atoms with Crippen molar-refractivity contribution in [1.29, 1.82) is 0 Å². The summed E-state index contributed by atoms with van der Waals surface area (Å²) in [5.74, 6) is -0.232. The number of rotatable bonds is 4. The van der Waals surface area contributed by atoms with Crippen molar-refractivity contribution in [2.75, 3.05) is 11.8 Å². The number of amides is 1. The fourth-order valence-electron chi connectivity index (χ4n) is 1.73. The molecule has 0 saturated carbocycles. The highest BCUT2D eigenvalue weighted by atomic mass is 79.9. The number of halogens is 2. The summed E-state index contributed by atoms with van der Waals surface area (Å²) in [5, 5.41) is 2.50. The van der Waals surface area contributed by atoms with E-state index >= 15 is 0 Å². The first-order valence-electron chi connectivity index (χ1n) is 6.13. The second-order valence-electron chi connectivity index (χ2n) is 4.34. The van der Waals surface area contributed by atoms with Crippen LogP contribution < -0.4 is 10.0 Å². The average Bonchev–Trinajstić information content (AvgIpc) is 2.49. The SMILES string of the molecule is CNC(=O)c1ccc(NS(=O)(=O)c2cc(Br)ccc2Br)cc1. The number of hydrogen-bond donors (Lipinski definition) is 2. The van der Waals surface area contributed by atoms with Crippen LogP contribution in [0.2, 0.25) is 0 Å². The molecule has 0 aliphatic heterocycles. The average molecular weight is 448 g/mol. The third-order valence-electron chi connectivity index (χ3n) is 2.81. The summed E-state index contributed by atoms with van der Waals surface area (Å²) < 4.78 is 28.4. The van der Waals surface area contributed by atoms with E-state index in [0.29, 0.717) is 20.2 Å². The van der Waals surface area contributed by atoms with Crippen molar-refractivity contribution in [2.45, 2.75) is 4.90 Å². The number of carbonyl (C=O) groups excluding carboxylic acids is 1. The molecule has 0 aliphatic carbocycles. The number of nitrogens with one attached hydrogen (secondary N) is 2. The van der Waals surface area contributed by atoms with Crippen molar-refractivity contribution >= 4 is 53.5 Å². The van der Waals surface area contributed by atoms with Crippen molar-refractivity contribution in [3.8, 4) is 0 Å². The van der Waals surface area contributed by atoms with Crippen molar-refractivity contribution in [1.82, 2.24) is 5.32 Å². The van der Waals surface area contributed by atoms with E-state index in [1.54, 1.807) is 24.3 Å². The number of hydrogen-bond acceptors (Lipinski definition) is 3. The zero-order chi connectivity index (χ0) is 16.3. The Morgan fingerprint density at radius 2 is 1.68 bits per heavy atom. The molecule has 8 heteroatoms. The van der Waals surface area contributed by atoms with Crippen molar-refractivity contribution in [3.63, 3.8) is 0 Å². The summed E-state index contributed by atoms with van der Waals surface area (Å²) in [6.45, 7) is 0. The van der Waals surface area contributed by atoms with Crippen LogP contribution in [0.5, 0.6) is 0 Å². The van der Waals surface area contributed by atoms with Gasteiger partial charge in [0.05, 0.1) is 0 Å². The summed E-state index contributed by atoms with van der Waals surface area (Å²) in [7, 11) is -2.20. The maximum Gasteiger partial charge on any atom is 0.263 e. The minimum absolute atomic E-state index is 0.122. The first-order valence-corrected chi connectivity index (χ1v) is 9.20. The van der Waals surface area contributed by atoms with Gasteiger partial charge in [-0.3, -0.25) is 9.52 Å². The molecule has 0 atom stereocenters. The molecule has 2 aromatic carbocycles. The van der Waals surface area contributed by atoms with Gasteiger partial charge in [-0.2, -0.15) is 0 Å². The Morgan fingerprint density at radius 3 is 2.27 bits per heavy atom. The van der Waals surface area contributed by atoms with Gasteiger partial charge in [0.25, 0.3) is 15.9 Å². The van der Waals surface area contributed by atoms with Gasteiger partial charge in [0, 0.05) is 27.2 Å². The van der Waals surface area contributed by atoms with Crippen LogP contribution in [0.25, 0.3) is 0 Å². The summed E-state index contributed by atoms with van der Waals surface area (Å²) in [5.41, 5.74) is 0.827. The molecule has 0 fully saturated rings. The summed E-state index contributed by atoms with van der Waals surface area (Å²) in [6.07, 6.45) is 0. The molecule has 2 rings (SSSR count). The maximum atomic E-state index is 12.4. The zero-order valence-corrected chi connectivity index (χ0v) is 15.4. The van der Waals surface area contributed by atoms with Crippen molar-refractivity contribution < 1.29 is 13.2 Å². The normalized spacial score (nSPS) is 11.0. The van der Waals surface area contributed by atoms with Crippen LogP contribution in [-0.2, 0) is 10.0 Å². The molecule has 0 bridgehead atoms. The highest BCUT2D eigenvalue weighted by Crippen LogP contribution is 2.27. The van der Waals surface area contributed by atoms with E-state index in [9.17, 15) is 13.2 Å². The smallest absolute Gasteiger partial charge is 0.263 e. The number of sulfonamides is 1. The Morgan fingerprint density at radius 1 is 1.05 bits per heavy atom. The molecule has 0 heterocycles. The van der Waals surface area contributed by atoms with Gasteiger partial charge in [-0.05, 0) is 58.4 Å². The Bertz CT molecular complexity index is 805. The van der Waals surface area contributed by atoms with Crippen LogP contribution in [-0.4, -0.2) is 21.4 Å². The molecule has 0 radical (unpaired) electrons. The van der Waals surface area contributed by atoms with Crippen LogP contribution in [0.15, 0.2) is 56.3 Å². The van der Waals surface area contributed by atoms with Crippen LogP contribution in [0.4, 0.5) is 5.69 Å². The molecule has 116 valence electrons. The second-order valence-corrected chi connectivity index (χ2v) is 7.76. The predicted octanol–water partition coefficient (Wildman–Crippen LogP) is 3.37. The van der Waals surface area contributed by atoms with Crippen molar-refractivity contribution in [3.05, 3.63) is 57.0 Å². The quantitative estimate of drug-likeness (QED) is 0.754. The molecule has 0 aromatic heterocycles. The van der Waals surface area contributed by atoms with E-state index in [-0.39, 0.29) is 10.8 Å². The molecule has 0 aliphatic rings. The molecule has 5 nitrogen and oxygen atoms in total. The minimum Gasteiger partial charge on any atom is -0.355 e. The van der Waals surface area contributed by atoms with Crippen LogP contribution in [0, 0.1) is 0 Å². The second kappa shape index (κ2) is 6.80. The van der Waals surface area contributed by atoms with Crippen LogP contribution >= 0.6 is 31.9 Å². The molecular weight excluding hydrogens is 436 g/mol. The highest BCUT2D eigenvalue weighted by Gasteiger charge is 2.18. The number of carbonyl (C=O) groups is 1. The molecule has 1 amide bonds. The van der Waals surface area contributed by atoms with Gasteiger partial charge >= 0.3 is 0 Å². The lowest BCUT2D eigenvalue weighted by molar-refractivity contribution is 0.0963. The van der Waals surface area contributed by atoms with Gasteiger partial charge in [-0.15, -0.1) is 0 Å². The third kappa shape index (κ3) is 3.88. The largest absolute Gasteiger partial charge is 0.355 e. The van der Waals surface area contributed by atoms with Gasteiger partial charge in [-0.1, -0.05) is 15.9 Å². The van der Waals surface area contributed by atoms with Crippen LogP contribution in [0.3, 0.4) is 0 Å². The Kier molecular flexibility index (Phi) is 5.25. The Labute approximate surface area is 145 Å². The summed E-state index contributed by atoms with van der Waals surface area (Å²) in [4.78, 5) is 11.6. The first-order chi connectivity index (χ1) is 10.3. The predicted molar refractivity (Wildman–Crippen MR) is 92.5 cm³/mol. The number of anilines is 1. The fourth-order valence-corrected chi connectivity index (χ4v) is 4.29. The number of benzene rings is 2. The van der Waals surface area contributed by atoms with E-state index in [4.69, 9.17) is 0 Å². The maximum absolute atomic E-state index is 12.4. The Balaban J connectivity index is 2.29. The topological polar surface area (TPSA) is 75.3 Å². The first kappa shape index (κ1) is 17.0. The lowest BCUT2D eigenvalue weighted by Gasteiger charge is -2.10. The lowest BCUT2D eigenvalue weighted by atomic mass is 10.2. The molecular formula is C14H12Br2N2O3S.